The SMILES string of the molecule is O=C(N[C@H]1CCCCC[C@H]1C(=O)O)c1csc2ccccc12. The molecule has 0 spiro atoms. The Morgan fingerprint density at radius 3 is 2.73 bits per heavy atom. The van der Waals surface area contributed by atoms with Crippen LogP contribution in [-0.2, 0) is 4.79 Å². The molecule has 1 aromatic carbocycles. The van der Waals surface area contributed by atoms with E-state index in [9.17, 15) is 14.7 Å². The first-order chi connectivity index (χ1) is 10.7. The first-order valence-corrected chi connectivity index (χ1v) is 8.54. The molecule has 3 rings (SSSR count). The third kappa shape index (κ3) is 2.99. The number of thiophene rings is 1. The summed E-state index contributed by atoms with van der Waals surface area (Å²) in [5.41, 5.74) is 0.647. The predicted molar refractivity (Wildman–Crippen MR) is 87.3 cm³/mol. The van der Waals surface area contributed by atoms with E-state index in [2.05, 4.69) is 5.32 Å². The Balaban J connectivity index is 1.81. The third-order valence-electron chi connectivity index (χ3n) is 4.38. The number of hydrogen-bond donors (Lipinski definition) is 2. The number of hydrogen-bond acceptors (Lipinski definition) is 3. The van der Waals surface area contributed by atoms with E-state index in [0.717, 1.165) is 35.8 Å². The van der Waals surface area contributed by atoms with Gasteiger partial charge in [0, 0.05) is 21.5 Å². The van der Waals surface area contributed by atoms with Crippen LogP contribution in [0, 0.1) is 5.92 Å². The van der Waals surface area contributed by atoms with Crippen LogP contribution in [0.5, 0.6) is 0 Å². The lowest BCUT2D eigenvalue weighted by molar-refractivity contribution is -0.142. The van der Waals surface area contributed by atoms with Crippen LogP contribution in [0.1, 0.15) is 42.5 Å². The van der Waals surface area contributed by atoms with Crippen molar-refractivity contribution in [2.24, 2.45) is 5.92 Å². The van der Waals surface area contributed by atoms with Crippen molar-refractivity contribution >= 4 is 33.3 Å². The van der Waals surface area contributed by atoms with Gasteiger partial charge < -0.3 is 10.4 Å². The highest BCUT2D eigenvalue weighted by molar-refractivity contribution is 7.17. The molecule has 1 aliphatic rings. The zero-order valence-corrected chi connectivity index (χ0v) is 13.1. The summed E-state index contributed by atoms with van der Waals surface area (Å²) in [6, 6.07) is 7.51. The van der Waals surface area contributed by atoms with Crippen LogP contribution in [-0.4, -0.2) is 23.0 Å². The zero-order chi connectivity index (χ0) is 15.5. The van der Waals surface area contributed by atoms with E-state index in [1.165, 1.54) is 11.3 Å². The van der Waals surface area contributed by atoms with Gasteiger partial charge in [-0.05, 0) is 18.9 Å². The van der Waals surface area contributed by atoms with Crippen molar-refractivity contribution < 1.29 is 14.7 Å². The molecule has 0 bridgehead atoms. The molecule has 1 amide bonds. The molecule has 1 heterocycles. The van der Waals surface area contributed by atoms with Gasteiger partial charge >= 0.3 is 5.97 Å². The first-order valence-electron chi connectivity index (χ1n) is 7.66. The zero-order valence-electron chi connectivity index (χ0n) is 12.2. The normalized spacial score (nSPS) is 22.2. The molecule has 0 saturated heterocycles. The molecule has 0 radical (unpaired) electrons. The van der Waals surface area contributed by atoms with Crippen molar-refractivity contribution in [1.82, 2.24) is 5.32 Å². The second-order valence-corrected chi connectivity index (χ2v) is 6.72. The number of amides is 1. The van der Waals surface area contributed by atoms with Crippen LogP contribution in [0.4, 0.5) is 0 Å². The van der Waals surface area contributed by atoms with Gasteiger partial charge in [0.2, 0.25) is 0 Å². The minimum Gasteiger partial charge on any atom is -0.481 e. The van der Waals surface area contributed by atoms with Crippen LogP contribution in [0.25, 0.3) is 10.1 Å². The van der Waals surface area contributed by atoms with Crippen molar-refractivity contribution in [1.29, 1.82) is 0 Å². The van der Waals surface area contributed by atoms with E-state index < -0.39 is 11.9 Å². The van der Waals surface area contributed by atoms with Gasteiger partial charge in [0.05, 0.1) is 11.5 Å². The largest absolute Gasteiger partial charge is 0.481 e. The van der Waals surface area contributed by atoms with Crippen LogP contribution in [0.3, 0.4) is 0 Å². The fraction of sp³-hybridized carbons (Fsp3) is 0.412. The van der Waals surface area contributed by atoms with Gasteiger partial charge in [-0.1, -0.05) is 37.5 Å². The number of aliphatic carboxylic acids is 1. The molecule has 2 N–H and O–H groups in total. The molecule has 4 nitrogen and oxygen atoms in total. The minimum atomic E-state index is -0.803. The first kappa shape index (κ1) is 15.0. The number of fused-ring (bicyclic) bond motifs is 1. The smallest absolute Gasteiger partial charge is 0.308 e. The van der Waals surface area contributed by atoms with Crippen molar-refractivity contribution in [2.45, 2.75) is 38.1 Å². The van der Waals surface area contributed by atoms with Gasteiger partial charge in [-0.25, -0.2) is 0 Å². The Morgan fingerprint density at radius 1 is 1.14 bits per heavy atom. The number of carboxylic acid groups (broad SMARTS) is 1. The Hall–Kier alpha value is -1.88. The van der Waals surface area contributed by atoms with Crippen molar-refractivity contribution in [3.05, 3.63) is 35.2 Å². The summed E-state index contributed by atoms with van der Waals surface area (Å²) in [6.07, 6.45) is 4.32. The molecule has 116 valence electrons. The average Bonchev–Trinajstić information content (AvgIpc) is 2.80. The molecule has 22 heavy (non-hydrogen) atoms. The number of carboxylic acids is 1. The Labute approximate surface area is 133 Å². The minimum absolute atomic E-state index is 0.157. The summed E-state index contributed by atoms with van der Waals surface area (Å²) in [4.78, 5) is 24.0. The van der Waals surface area contributed by atoms with Gasteiger partial charge in [0.1, 0.15) is 0 Å². The molecule has 0 aliphatic heterocycles. The lowest BCUT2D eigenvalue weighted by Crippen LogP contribution is -2.42. The van der Waals surface area contributed by atoms with E-state index in [1.54, 1.807) is 0 Å². The lowest BCUT2D eigenvalue weighted by Gasteiger charge is -2.22. The van der Waals surface area contributed by atoms with E-state index in [1.807, 2.05) is 29.6 Å². The maximum Gasteiger partial charge on any atom is 0.308 e. The standard InChI is InChI=1S/C17H19NO3S/c19-16(13-10-22-15-9-5-4-6-11(13)15)18-14-8-3-1-2-7-12(14)17(20)21/h4-6,9-10,12,14H,1-3,7-8H2,(H,18,19)(H,20,21)/t12-,14+/m1/s1. The molecule has 2 aromatic rings. The number of nitrogens with one attached hydrogen (secondary N) is 1. The van der Waals surface area contributed by atoms with Gasteiger partial charge in [-0.3, -0.25) is 9.59 Å². The fourth-order valence-electron chi connectivity index (χ4n) is 3.18. The highest BCUT2D eigenvalue weighted by Gasteiger charge is 2.31. The van der Waals surface area contributed by atoms with Crippen molar-refractivity contribution in [3.8, 4) is 0 Å². The van der Waals surface area contributed by atoms with Crippen LogP contribution < -0.4 is 5.32 Å². The van der Waals surface area contributed by atoms with E-state index in [4.69, 9.17) is 0 Å². The lowest BCUT2D eigenvalue weighted by atomic mass is 9.94. The Morgan fingerprint density at radius 2 is 1.91 bits per heavy atom. The number of carbonyl (C=O) groups is 2. The highest BCUT2D eigenvalue weighted by Crippen LogP contribution is 2.27. The van der Waals surface area contributed by atoms with Crippen LogP contribution in [0.15, 0.2) is 29.6 Å². The summed E-state index contributed by atoms with van der Waals surface area (Å²) in [7, 11) is 0. The topological polar surface area (TPSA) is 66.4 Å². The number of carbonyl (C=O) groups excluding carboxylic acids is 1. The summed E-state index contributed by atoms with van der Waals surface area (Å²) in [6.45, 7) is 0. The van der Waals surface area contributed by atoms with Gasteiger partial charge in [0.15, 0.2) is 0 Å². The molecular formula is C17H19NO3S. The number of benzene rings is 1. The van der Waals surface area contributed by atoms with Crippen LogP contribution >= 0.6 is 11.3 Å². The van der Waals surface area contributed by atoms with Crippen molar-refractivity contribution in [2.75, 3.05) is 0 Å². The summed E-state index contributed by atoms with van der Waals surface area (Å²) < 4.78 is 1.07. The van der Waals surface area contributed by atoms with E-state index in [-0.39, 0.29) is 11.9 Å². The van der Waals surface area contributed by atoms with Crippen molar-refractivity contribution in [3.63, 3.8) is 0 Å². The molecular weight excluding hydrogens is 298 g/mol. The molecule has 1 aliphatic carbocycles. The fourth-order valence-corrected chi connectivity index (χ4v) is 4.12. The average molecular weight is 317 g/mol. The second kappa shape index (κ2) is 6.48. The second-order valence-electron chi connectivity index (χ2n) is 5.81. The molecule has 2 atom stereocenters. The molecule has 1 aromatic heterocycles. The monoisotopic (exact) mass is 317 g/mol. The third-order valence-corrected chi connectivity index (χ3v) is 5.34. The van der Waals surface area contributed by atoms with Crippen LogP contribution in [0.2, 0.25) is 0 Å². The summed E-state index contributed by atoms with van der Waals surface area (Å²) in [5, 5.41) is 15.2. The molecule has 0 unspecified atom stereocenters. The molecule has 1 fully saturated rings. The van der Waals surface area contributed by atoms with E-state index in [0.29, 0.717) is 12.0 Å². The molecule has 1 saturated carbocycles. The highest BCUT2D eigenvalue weighted by atomic mass is 32.1. The summed E-state index contributed by atoms with van der Waals surface area (Å²) >= 11 is 1.54. The Kier molecular flexibility index (Phi) is 4.43. The van der Waals surface area contributed by atoms with Gasteiger partial charge in [0.25, 0.3) is 5.91 Å². The van der Waals surface area contributed by atoms with E-state index >= 15 is 0 Å². The maximum absolute atomic E-state index is 12.6. The quantitative estimate of drug-likeness (QED) is 0.849. The Bertz CT molecular complexity index is 694. The maximum atomic E-state index is 12.6. The summed E-state index contributed by atoms with van der Waals surface area (Å²) in [5.74, 6) is -1.44. The predicted octanol–water partition coefficient (Wildman–Crippen LogP) is 3.66. The molecule has 5 heteroatoms. The van der Waals surface area contributed by atoms with Gasteiger partial charge in [-0.15, -0.1) is 11.3 Å². The van der Waals surface area contributed by atoms with Gasteiger partial charge in [-0.2, -0.15) is 0 Å². The number of rotatable bonds is 3.